The molecule has 0 saturated heterocycles. The Kier molecular flexibility index (Phi) is 3.74. The summed E-state index contributed by atoms with van der Waals surface area (Å²) < 4.78 is 5.65. The maximum atomic E-state index is 10.5. The van der Waals surface area contributed by atoms with Crippen LogP contribution < -0.4 is 4.74 Å². The maximum absolute atomic E-state index is 10.5. The van der Waals surface area contributed by atoms with Gasteiger partial charge in [0.1, 0.15) is 5.75 Å². The van der Waals surface area contributed by atoms with E-state index in [-0.39, 0.29) is 13.2 Å². The van der Waals surface area contributed by atoms with Crippen molar-refractivity contribution < 1.29 is 14.6 Å². The van der Waals surface area contributed by atoms with E-state index in [1.54, 1.807) is 0 Å². The third-order valence-corrected chi connectivity index (χ3v) is 2.53. The summed E-state index contributed by atoms with van der Waals surface area (Å²) in [5, 5.41) is 19.9. The summed E-state index contributed by atoms with van der Waals surface area (Å²) in [6.45, 7) is 3.76. The molecule has 1 N–H and O–H groups in total. The topological polar surface area (TPSA) is 90.1 Å². The third kappa shape index (κ3) is 3.27. The fraction of sp³-hybridized carbons (Fsp3) is 0.333. The lowest BCUT2D eigenvalue weighted by Gasteiger charge is -2.09. The van der Waals surface area contributed by atoms with Gasteiger partial charge in [-0.2, -0.15) is 4.80 Å². The van der Waals surface area contributed by atoms with Crippen LogP contribution in [0, 0.1) is 13.8 Å². The first-order valence-electron chi connectivity index (χ1n) is 5.74. The van der Waals surface area contributed by atoms with Crippen molar-refractivity contribution in [2.75, 3.05) is 0 Å². The normalized spacial score (nSPS) is 10.4. The number of rotatable bonds is 5. The molecule has 7 nitrogen and oxygen atoms in total. The van der Waals surface area contributed by atoms with Crippen LogP contribution in [0.15, 0.2) is 18.2 Å². The number of hydrogen-bond acceptors (Lipinski definition) is 5. The molecule has 1 aromatic carbocycles. The molecular weight excluding hydrogens is 248 g/mol. The molecule has 19 heavy (non-hydrogen) atoms. The molecule has 2 rings (SSSR count). The number of aryl methyl sites for hydroxylation is 2. The van der Waals surface area contributed by atoms with Crippen molar-refractivity contribution in [2.45, 2.75) is 27.0 Å². The second-order valence-corrected chi connectivity index (χ2v) is 4.14. The van der Waals surface area contributed by atoms with Gasteiger partial charge in [0.2, 0.25) is 5.82 Å². The van der Waals surface area contributed by atoms with Crippen molar-refractivity contribution in [1.29, 1.82) is 0 Å². The predicted octanol–water partition coefficient (Wildman–Crippen LogP) is 0.954. The van der Waals surface area contributed by atoms with Gasteiger partial charge in [0.25, 0.3) is 0 Å². The Hall–Kier alpha value is -2.44. The van der Waals surface area contributed by atoms with Crippen LogP contribution in [-0.2, 0) is 17.9 Å². The van der Waals surface area contributed by atoms with Crippen LogP contribution in [-0.4, -0.2) is 31.3 Å². The minimum Gasteiger partial charge on any atom is -0.485 e. The zero-order valence-electron chi connectivity index (χ0n) is 10.7. The zero-order valence-corrected chi connectivity index (χ0v) is 10.7. The van der Waals surface area contributed by atoms with E-state index >= 15 is 0 Å². The minimum atomic E-state index is -1.01. The van der Waals surface area contributed by atoms with Crippen molar-refractivity contribution in [1.82, 2.24) is 20.2 Å². The molecule has 100 valence electrons. The molecule has 0 saturated carbocycles. The van der Waals surface area contributed by atoms with Gasteiger partial charge in [-0.15, -0.1) is 10.2 Å². The molecule has 7 heteroatoms. The van der Waals surface area contributed by atoms with Crippen molar-refractivity contribution in [3.63, 3.8) is 0 Å². The molecule has 1 heterocycles. The number of nitrogens with zero attached hydrogens (tertiary/aromatic N) is 4. The highest BCUT2D eigenvalue weighted by molar-refractivity contribution is 5.66. The van der Waals surface area contributed by atoms with E-state index in [0.717, 1.165) is 21.7 Å². The third-order valence-electron chi connectivity index (χ3n) is 2.53. The first-order valence-corrected chi connectivity index (χ1v) is 5.74. The van der Waals surface area contributed by atoms with E-state index in [1.807, 2.05) is 32.0 Å². The Labute approximate surface area is 109 Å². The highest BCUT2D eigenvalue weighted by atomic mass is 16.5. The molecule has 0 spiro atoms. The first kappa shape index (κ1) is 13.0. The SMILES string of the molecule is Cc1cccc(C)c1OCc1nnn(CC(=O)O)n1. The van der Waals surface area contributed by atoms with Crippen LogP contribution >= 0.6 is 0 Å². The molecule has 0 aliphatic carbocycles. The second kappa shape index (κ2) is 5.47. The standard InChI is InChI=1S/C12H14N4O3/c1-8-4-3-5-9(2)12(8)19-7-10-13-15-16(14-10)6-11(17)18/h3-5H,6-7H2,1-2H3,(H,17,18). The monoisotopic (exact) mass is 262 g/mol. The largest absolute Gasteiger partial charge is 0.485 e. The van der Waals surface area contributed by atoms with Crippen molar-refractivity contribution in [3.8, 4) is 5.75 Å². The number of hydrogen-bond donors (Lipinski definition) is 1. The molecule has 0 bridgehead atoms. The highest BCUT2D eigenvalue weighted by Gasteiger charge is 2.08. The van der Waals surface area contributed by atoms with E-state index in [9.17, 15) is 4.79 Å². The van der Waals surface area contributed by atoms with Crippen molar-refractivity contribution in [2.24, 2.45) is 0 Å². The van der Waals surface area contributed by atoms with Gasteiger partial charge in [0.05, 0.1) is 0 Å². The Morgan fingerprint density at radius 2 is 2.05 bits per heavy atom. The average Bonchev–Trinajstić information content (AvgIpc) is 2.75. The van der Waals surface area contributed by atoms with Gasteiger partial charge in [-0.05, 0) is 30.2 Å². The number of aromatic nitrogens is 4. The molecule has 0 radical (unpaired) electrons. The van der Waals surface area contributed by atoms with Gasteiger partial charge in [-0.25, -0.2) is 0 Å². The summed E-state index contributed by atoms with van der Waals surface area (Å²) in [6.07, 6.45) is 0. The molecule has 0 fully saturated rings. The molecule has 1 aromatic heterocycles. The lowest BCUT2D eigenvalue weighted by molar-refractivity contribution is -0.138. The summed E-state index contributed by atoms with van der Waals surface area (Å²) in [7, 11) is 0. The fourth-order valence-corrected chi connectivity index (χ4v) is 1.69. The van der Waals surface area contributed by atoms with Gasteiger partial charge in [-0.1, -0.05) is 18.2 Å². The number of carboxylic acid groups (broad SMARTS) is 1. The number of ether oxygens (including phenoxy) is 1. The van der Waals surface area contributed by atoms with Crippen LogP contribution in [0.5, 0.6) is 5.75 Å². The predicted molar refractivity (Wildman–Crippen MR) is 65.7 cm³/mol. The first-order chi connectivity index (χ1) is 9.06. The Morgan fingerprint density at radius 3 is 2.68 bits per heavy atom. The number of benzene rings is 1. The van der Waals surface area contributed by atoms with Crippen molar-refractivity contribution >= 4 is 5.97 Å². The van der Waals surface area contributed by atoms with Crippen LogP contribution in [0.2, 0.25) is 0 Å². The van der Waals surface area contributed by atoms with E-state index in [2.05, 4.69) is 15.4 Å². The smallest absolute Gasteiger partial charge is 0.327 e. The number of carbonyl (C=O) groups is 1. The molecule has 0 amide bonds. The summed E-state index contributed by atoms with van der Waals surface area (Å²) in [4.78, 5) is 11.5. The summed E-state index contributed by atoms with van der Waals surface area (Å²) >= 11 is 0. The molecule has 2 aromatic rings. The Balaban J connectivity index is 2.02. The highest BCUT2D eigenvalue weighted by Crippen LogP contribution is 2.22. The van der Waals surface area contributed by atoms with Crippen LogP contribution in [0.3, 0.4) is 0 Å². The lowest BCUT2D eigenvalue weighted by atomic mass is 10.1. The van der Waals surface area contributed by atoms with Gasteiger partial charge in [-0.3, -0.25) is 4.79 Å². The maximum Gasteiger partial charge on any atom is 0.327 e. The number of aliphatic carboxylic acids is 1. The van der Waals surface area contributed by atoms with E-state index in [4.69, 9.17) is 9.84 Å². The molecule has 0 aliphatic heterocycles. The fourth-order valence-electron chi connectivity index (χ4n) is 1.69. The second-order valence-electron chi connectivity index (χ2n) is 4.14. The molecule has 0 atom stereocenters. The van der Waals surface area contributed by atoms with E-state index in [1.165, 1.54) is 0 Å². The van der Waals surface area contributed by atoms with Crippen molar-refractivity contribution in [3.05, 3.63) is 35.2 Å². The molecular formula is C12H14N4O3. The number of para-hydroxylation sites is 1. The Bertz CT molecular complexity index is 574. The van der Waals surface area contributed by atoms with Crippen LogP contribution in [0.4, 0.5) is 0 Å². The molecule has 0 aliphatic rings. The minimum absolute atomic E-state index is 0.158. The number of carboxylic acids is 1. The quantitative estimate of drug-likeness (QED) is 0.862. The van der Waals surface area contributed by atoms with E-state index < -0.39 is 5.97 Å². The van der Waals surface area contributed by atoms with E-state index in [0.29, 0.717) is 5.82 Å². The van der Waals surface area contributed by atoms with Crippen LogP contribution in [0.1, 0.15) is 17.0 Å². The average molecular weight is 262 g/mol. The van der Waals surface area contributed by atoms with Crippen LogP contribution in [0.25, 0.3) is 0 Å². The van der Waals surface area contributed by atoms with Gasteiger partial charge in [0, 0.05) is 0 Å². The lowest BCUT2D eigenvalue weighted by Crippen LogP contribution is -2.12. The summed E-state index contributed by atoms with van der Waals surface area (Å²) in [5.74, 6) is 0.126. The molecule has 0 unspecified atom stereocenters. The number of tetrazole rings is 1. The van der Waals surface area contributed by atoms with Gasteiger partial charge < -0.3 is 9.84 Å². The summed E-state index contributed by atoms with van der Waals surface area (Å²) in [5.41, 5.74) is 2.05. The summed E-state index contributed by atoms with van der Waals surface area (Å²) in [6, 6.07) is 5.87. The zero-order chi connectivity index (χ0) is 13.8. The Morgan fingerprint density at radius 1 is 1.37 bits per heavy atom. The van der Waals surface area contributed by atoms with Gasteiger partial charge in [0.15, 0.2) is 13.2 Å². The van der Waals surface area contributed by atoms with Gasteiger partial charge >= 0.3 is 5.97 Å².